The number of amides is 1. The zero-order chi connectivity index (χ0) is 17.8. The van der Waals surface area contributed by atoms with E-state index >= 15 is 0 Å². The summed E-state index contributed by atoms with van der Waals surface area (Å²) in [6.45, 7) is 3.85. The molecule has 7 heteroatoms. The highest BCUT2D eigenvalue weighted by Crippen LogP contribution is 2.23. The zero-order valence-electron chi connectivity index (χ0n) is 14.2. The van der Waals surface area contributed by atoms with Gasteiger partial charge in [0.05, 0.1) is 5.56 Å². The lowest BCUT2D eigenvalue weighted by molar-refractivity contribution is 0.1000. The molecule has 2 aromatic rings. The van der Waals surface area contributed by atoms with Gasteiger partial charge in [-0.1, -0.05) is 41.9 Å². The third-order valence-electron chi connectivity index (χ3n) is 4.52. The first-order chi connectivity index (χ1) is 12.0. The van der Waals surface area contributed by atoms with Crippen LogP contribution in [0.5, 0.6) is 0 Å². The molecule has 132 valence electrons. The molecule has 6 nitrogen and oxygen atoms in total. The predicted octanol–water partition coefficient (Wildman–Crippen LogP) is 2.19. The van der Waals surface area contributed by atoms with E-state index in [9.17, 15) is 4.79 Å². The first-order valence-corrected chi connectivity index (χ1v) is 8.71. The quantitative estimate of drug-likeness (QED) is 0.855. The summed E-state index contributed by atoms with van der Waals surface area (Å²) in [6, 6.07) is 12.0. The van der Waals surface area contributed by atoms with E-state index in [1.54, 1.807) is 0 Å². The third-order valence-corrected chi connectivity index (χ3v) is 4.71. The lowest BCUT2D eigenvalue weighted by atomic mass is 10.1. The first-order valence-electron chi connectivity index (χ1n) is 8.33. The smallest absolute Gasteiger partial charge is 0.252 e. The van der Waals surface area contributed by atoms with Crippen molar-refractivity contribution in [2.75, 3.05) is 31.6 Å². The second-order valence-electron chi connectivity index (χ2n) is 6.52. The lowest BCUT2D eigenvalue weighted by Crippen LogP contribution is -2.30. The highest BCUT2D eigenvalue weighted by atomic mass is 35.5. The van der Waals surface area contributed by atoms with E-state index in [1.807, 2.05) is 18.0 Å². The number of aromatic nitrogens is 2. The van der Waals surface area contributed by atoms with Crippen LogP contribution >= 0.6 is 11.6 Å². The van der Waals surface area contributed by atoms with E-state index in [-0.39, 0.29) is 5.15 Å². The average Bonchev–Trinajstić information content (AvgIpc) is 3.02. The molecule has 1 unspecified atom stereocenters. The van der Waals surface area contributed by atoms with Crippen LogP contribution in [0.15, 0.2) is 36.4 Å². The molecule has 1 aliphatic rings. The Labute approximate surface area is 152 Å². The number of primary amides is 1. The van der Waals surface area contributed by atoms with Crippen LogP contribution in [0.3, 0.4) is 0 Å². The number of hydrogen-bond acceptors (Lipinski definition) is 5. The lowest BCUT2D eigenvalue weighted by Gasteiger charge is -2.23. The predicted molar refractivity (Wildman–Crippen MR) is 98.7 cm³/mol. The van der Waals surface area contributed by atoms with Gasteiger partial charge >= 0.3 is 0 Å². The Morgan fingerprint density at radius 1 is 1.36 bits per heavy atom. The largest absolute Gasteiger partial charge is 0.365 e. The number of hydrogen-bond donors (Lipinski definition) is 1. The summed E-state index contributed by atoms with van der Waals surface area (Å²) in [5.41, 5.74) is 7.07. The molecule has 1 aromatic heterocycles. The van der Waals surface area contributed by atoms with Crippen molar-refractivity contribution in [2.24, 2.45) is 11.7 Å². The molecule has 0 spiro atoms. The van der Waals surface area contributed by atoms with Crippen LogP contribution in [-0.2, 0) is 6.54 Å². The standard InChI is InChI=1S/C18H22ClN5O/c1-23(18-15(17(20)25)9-16(19)21-22-18)10-14-7-8-24(12-14)11-13-5-3-2-4-6-13/h2-6,9,14H,7-8,10-12H2,1H3,(H2,20,25). The topological polar surface area (TPSA) is 75.3 Å². The molecule has 1 fully saturated rings. The molecule has 2 N–H and O–H groups in total. The Kier molecular flexibility index (Phi) is 5.50. The van der Waals surface area contributed by atoms with E-state index in [2.05, 4.69) is 39.4 Å². The molecular weight excluding hydrogens is 338 g/mol. The van der Waals surface area contributed by atoms with Gasteiger partial charge in [-0.3, -0.25) is 9.69 Å². The number of carbonyl (C=O) groups excluding carboxylic acids is 1. The van der Waals surface area contributed by atoms with Crippen molar-refractivity contribution in [2.45, 2.75) is 13.0 Å². The van der Waals surface area contributed by atoms with Gasteiger partial charge in [0.1, 0.15) is 0 Å². The summed E-state index contributed by atoms with van der Waals surface area (Å²) < 4.78 is 0. The van der Waals surface area contributed by atoms with Crippen molar-refractivity contribution in [1.29, 1.82) is 0 Å². The van der Waals surface area contributed by atoms with Crippen LogP contribution in [0.2, 0.25) is 5.15 Å². The molecule has 0 radical (unpaired) electrons. The van der Waals surface area contributed by atoms with E-state index in [0.717, 1.165) is 32.6 Å². The SMILES string of the molecule is CN(CC1CCN(Cc2ccccc2)C1)c1nnc(Cl)cc1C(N)=O. The number of likely N-dealkylation sites (tertiary alicyclic amines) is 1. The van der Waals surface area contributed by atoms with Gasteiger partial charge in [0, 0.05) is 26.7 Å². The van der Waals surface area contributed by atoms with Crippen molar-refractivity contribution < 1.29 is 4.79 Å². The minimum absolute atomic E-state index is 0.167. The van der Waals surface area contributed by atoms with E-state index in [4.69, 9.17) is 17.3 Å². The molecule has 0 bridgehead atoms. The molecule has 1 aliphatic heterocycles. The third kappa shape index (κ3) is 4.46. The monoisotopic (exact) mass is 359 g/mol. The van der Waals surface area contributed by atoms with Crippen LogP contribution < -0.4 is 10.6 Å². The van der Waals surface area contributed by atoms with Crippen LogP contribution in [-0.4, -0.2) is 47.7 Å². The van der Waals surface area contributed by atoms with E-state index in [1.165, 1.54) is 11.6 Å². The van der Waals surface area contributed by atoms with Gasteiger partial charge in [-0.15, -0.1) is 10.2 Å². The highest BCUT2D eigenvalue weighted by molar-refractivity contribution is 6.29. The molecule has 2 heterocycles. The Bertz CT molecular complexity index is 740. The summed E-state index contributed by atoms with van der Waals surface area (Å²) in [5.74, 6) is 0.445. The average molecular weight is 360 g/mol. The highest BCUT2D eigenvalue weighted by Gasteiger charge is 2.25. The maximum atomic E-state index is 11.6. The molecule has 1 aromatic carbocycles. The Morgan fingerprint density at radius 2 is 2.12 bits per heavy atom. The van der Waals surface area contributed by atoms with Crippen LogP contribution in [0.1, 0.15) is 22.3 Å². The number of nitrogens with two attached hydrogens (primary N) is 1. The molecule has 1 saturated heterocycles. The fourth-order valence-electron chi connectivity index (χ4n) is 3.35. The van der Waals surface area contributed by atoms with Crippen LogP contribution in [0.25, 0.3) is 0 Å². The van der Waals surface area contributed by atoms with Gasteiger partial charge in [-0.25, -0.2) is 0 Å². The zero-order valence-corrected chi connectivity index (χ0v) is 15.0. The van der Waals surface area contributed by atoms with Crippen molar-refractivity contribution >= 4 is 23.3 Å². The van der Waals surface area contributed by atoms with Crippen molar-refractivity contribution in [3.05, 3.63) is 52.7 Å². The summed E-state index contributed by atoms with van der Waals surface area (Å²) in [4.78, 5) is 16.0. The van der Waals surface area contributed by atoms with E-state index in [0.29, 0.717) is 17.3 Å². The molecule has 1 amide bonds. The molecule has 1 atom stereocenters. The van der Waals surface area contributed by atoms with Gasteiger partial charge in [-0.2, -0.15) is 0 Å². The number of nitrogens with zero attached hydrogens (tertiary/aromatic N) is 4. The van der Waals surface area contributed by atoms with Crippen LogP contribution in [0.4, 0.5) is 5.82 Å². The minimum Gasteiger partial charge on any atom is -0.365 e. The second-order valence-corrected chi connectivity index (χ2v) is 6.91. The Balaban J connectivity index is 1.61. The molecule has 0 saturated carbocycles. The van der Waals surface area contributed by atoms with Gasteiger partial charge in [-0.05, 0) is 30.5 Å². The maximum absolute atomic E-state index is 11.6. The Morgan fingerprint density at radius 3 is 2.84 bits per heavy atom. The summed E-state index contributed by atoms with van der Waals surface area (Å²) >= 11 is 5.83. The Hall–Kier alpha value is -2.18. The van der Waals surface area contributed by atoms with E-state index < -0.39 is 5.91 Å². The molecule has 0 aliphatic carbocycles. The summed E-state index contributed by atoms with van der Waals surface area (Å²) in [6.07, 6.45) is 1.12. The second kappa shape index (κ2) is 7.80. The minimum atomic E-state index is -0.546. The summed E-state index contributed by atoms with van der Waals surface area (Å²) in [5, 5.41) is 8.07. The van der Waals surface area contributed by atoms with Gasteiger partial charge in [0.25, 0.3) is 5.91 Å². The molecule has 3 rings (SSSR count). The van der Waals surface area contributed by atoms with Gasteiger partial charge in [0.15, 0.2) is 11.0 Å². The first kappa shape index (κ1) is 17.6. The maximum Gasteiger partial charge on any atom is 0.252 e. The van der Waals surface area contributed by atoms with Crippen molar-refractivity contribution in [3.63, 3.8) is 0 Å². The van der Waals surface area contributed by atoms with Crippen molar-refractivity contribution in [1.82, 2.24) is 15.1 Å². The number of anilines is 1. The normalized spacial score (nSPS) is 17.6. The van der Waals surface area contributed by atoms with Gasteiger partial charge < -0.3 is 10.6 Å². The number of halogens is 1. The van der Waals surface area contributed by atoms with Crippen LogP contribution in [0, 0.1) is 5.92 Å². The number of carbonyl (C=O) groups is 1. The molecule has 25 heavy (non-hydrogen) atoms. The van der Waals surface area contributed by atoms with Crippen molar-refractivity contribution in [3.8, 4) is 0 Å². The molecular formula is C18H22ClN5O. The number of benzene rings is 1. The fourth-order valence-corrected chi connectivity index (χ4v) is 3.49. The number of rotatable bonds is 6. The van der Waals surface area contributed by atoms with Gasteiger partial charge in [0.2, 0.25) is 0 Å². The summed E-state index contributed by atoms with van der Waals surface area (Å²) in [7, 11) is 1.91. The fraction of sp³-hybridized carbons (Fsp3) is 0.389.